The Labute approximate surface area is 122 Å². The van der Waals surface area contributed by atoms with Crippen LogP contribution in [0.2, 0.25) is 0 Å². The fourth-order valence-electron chi connectivity index (χ4n) is 3.32. The van der Waals surface area contributed by atoms with Crippen LogP contribution < -0.4 is 0 Å². The van der Waals surface area contributed by atoms with Crippen LogP contribution in [0.1, 0.15) is 27.0 Å². The number of nitrogens with zero attached hydrogens (tertiary/aromatic N) is 1. The molecule has 0 N–H and O–H groups in total. The summed E-state index contributed by atoms with van der Waals surface area (Å²) in [6.45, 7) is 2.87. The van der Waals surface area contributed by atoms with Crippen LogP contribution in [0.25, 0.3) is 0 Å². The first kappa shape index (κ1) is 12.0. The molecule has 0 radical (unpaired) electrons. The molecule has 0 aromatic heterocycles. The smallest absolute Gasteiger partial charge is 0.255 e. The SMILES string of the molecule is Cc1ccc2c(c1)C(=O)N1CCSC21c1ccccc1. The first-order chi connectivity index (χ1) is 9.73. The number of thioether (sulfide) groups is 1. The zero-order chi connectivity index (χ0) is 13.7. The van der Waals surface area contributed by atoms with Crippen molar-refractivity contribution in [3.05, 3.63) is 70.8 Å². The average Bonchev–Trinajstić information content (AvgIpc) is 3.00. The van der Waals surface area contributed by atoms with Crippen LogP contribution in [0.3, 0.4) is 0 Å². The molecule has 1 unspecified atom stereocenters. The van der Waals surface area contributed by atoms with Crippen molar-refractivity contribution in [1.82, 2.24) is 4.90 Å². The highest BCUT2D eigenvalue weighted by Crippen LogP contribution is 2.55. The van der Waals surface area contributed by atoms with Crippen LogP contribution in [-0.4, -0.2) is 23.1 Å². The molecule has 1 amide bonds. The summed E-state index contributed by atoms with van der Waals surface area (Å²) < 4.78 is 0. The topological polar surface area (TPSA) is 20.3 Å². The number of amides is 1. The van der Waals surface area contributed by atoms with Crippen molar-refractivity contribution < 1.29 is 4.79 Å². The second-order valence-corrected chi connectivity index (χ2v) is 6.65. The van der Waals surface area contributed by atoms with Crippen LogP contribution in [0.5, 0.6) is 0 Å². The number of hydrogen-bond donors (Lipinski definition) is 0. The van der Waals surface area contributed by atoms with Crippen molar-refractivity contribution >= 4 is 17.7 Å². The molecule has 2 aliphatic rings. The molecule has 1 fully saturated rings. The highest BCUT2D eigenvalue weighted by atomic mass is 32.2. The lowest BCUT2D eigenvalue weighted by Crippen LogP contribution is -2.37. The van der Waals surface area contributed by atoms with Gasteiger partial charge in [0.2, 0.25) is 0 Å². The molecular formula is C17H15NOS. The number of carbonyl (C=O) groups excluding carboxylic acids is 1. The zero-order valence-corrected chi connectivity index (χ0v) is 12.1. The van der Waals surface area contributed by atoms with Gasteiger partial charge in [-0.15, -0.1) is 11.8 Å². The monoisotopic (exact) mass is 281 g/mol. The summed E-state index contributed by atoms with van der Waals surface area (Å²) in [7, 11) is 0. The minimum Gasteiger partial charge on any atom is -0.315 e. The summed E-state index contributed by atoms with van der Waals surface area (Å²) in [4.78, 5) is 14.5. The third kappa shape index (κ3) is 1.39. The van der Waals surface area contributed by atoms with Crippen LogP contribution in [0.4, 0.5) is 0 Å². The van der Waals surface area contributed by atoms with E-state index >= 15 is 0 Å². The minimum atomic E-state index is -0.304. The van der Waals surface area contributed by atoms with Crippen molar-refractivity contribution in [2.24, 2.45) is 0 Å². The largest absolute Gasteiger partial charge is 0.315 e. The molecule has 2 aromatic carbocycles. The predicted octanol–water partition coefficient (Wildman–Crippen LogP) is 3.40. The maximum atomic E-state index is 12.7. The van der Waals surface area contributed by atoms with Crippen molar-refractivity contribution in [2.75, 3.05) is 12.3 Å². The summed E-state index contributed by atoms with van der Waals surface area (Å²) in [5, 5.41) is 0. The van der Waals surface area contributed by atoms with Crippen LogP contribution in [0, 0.1) is 6.92 Å². The number of aryl methyl sites for hydroxylation is 1. The Hall–Kier alpha value is -1.74. The van der Waals surface area contributed by atoms with Gasteiger partial charge in [0.05, 0.1) is 0 Å². The van der Waals surface area contributed by atoms with E-state index in [1.165, 1.54) is 5.56 Å². The van der Waals surface area contributed by atoms with Gasteiger partial charge < -0.3 is 4.90 Å². The molecule has 1 atom stereocenters. The standard InChI is InChI=1S/C17H15NOS/c1-12-7-8-15-14(11-12)16(19)18-9-10-20-17(15,18)13-5-3-2-4-6-13/h2-8,11H,9-10H2,1H3. The number of benzene rings is 2. The first-order valence-electron chi connectivity index (χ1n) is 6.86. The van der Waals surface area contributed by atoms with Gasteiger partial charge >= 0.3 is 0 Å². The summed E-state index contributed by atoms with van der Waals surface area (Å²) in [6, 6.07) is 16.7. The van der Waals surface area contributed by atoms with Crippen LogP contribution in [0.15, 0.2) is 48.5 Å². The maximum Gasteiger partial charge on any atom is 0.255 e. The van der Waals surface area contributed by atoms with E-state index in [2.05, 4.69) is 36.4 Å². The van der Waals surface area contributed by atoms with Gasteiger partial charge in [-0.2, -0.15) is 0 Å². The summed E-state index contributed by atoms with van der Waals surface area (Å²) in [5.74, 6) is 1.17. The molecule has 3 heteroatoms. The first-order valence-corrected chi connectivity index (χ1v) is 7.84. The van der Waals surface area contributed by atoms with Crippen molar-refractivity contribution in [2.45, 2.75) is 11.8 Å². The molecular weight excluding hydrogens is 266 g/mol. The van der Waals surface area contributed by atoms with Crippen molar-refractivity contribution in [1.29, 1.82) is 0 Å². The van der Waals surface area contributed by atoms with E-state index < -0.39 is 0 Å². The van der Waals surface area contributed by atoms with Gasteiger partial charge in [-0.05, 0) is 18.6 Å². The van der Waals surface area contributed by atoms with Gasteiger partial charge in [0.15, 0.2) is 0 Å². The van der Waals surface area contributed by atoms with Gasteiger partial charge in [0, 0.05) is 23.4 Å². The number of rotatable bonds is 1. The van der Waals surface area contributed by atoms with E-state index in [0.29, 0.717) is 0 Å². The van der Waals surface area contributed by atoms with Gasteiger partial charge in [-0.3, -0.25) is 4.79 Å². The minimum absolute atomic E-state index is 0.178. The molecule has 2 aliphatic heterocycles. The lowest BCUT2D eigenvalue weighted by molar-refractivity contribution is 0.0752. The molecule has 2 nitrogen and oxygen atoms in total. The van der Waals surface area contributed by atoms with Crippen molar-refractivity contribution in [3.8, 4) is 0 Å². The second kappa shape index (κ2) is 4.13. The Morgan fingerprint density at radius 3 is 2.75 bits per heavy atom. The van der Waals surface area contributed by atoms with Gasteiger partial charge in [-0.1, -0.05) is 48.0 Å². The van der Waals surface area contributed by atoms with Gasteiger partial charge in [0.25, 0.3) is 5.91 Å². The molecule has 0 spiro atoms. The lowest BCUT2D eigenvalue weighted by Gasteiger charge is -2.32. The summed E-state index contributed by atoms with van der Waals surface area (Å²) in [5.41, 5.74) is 4.38. The molecule has 2 heterocycles. The normalized spacial score (nSPS) is 23.9. The van der Waals surface area contributed by atoms with E-state index in [-0.39, 0.29) is 10.8 Å². The third-order valence-corrected chi connectivity index (χ3v) is 5.67. The Balaban J connectivity index is 2.01. The summed E-state index contributed by atoms with van der Waals surface area (Å²) >= 11 is 1.87. The molecule has 20 heavy (non-hydrogen) atoms. The zero-order valence-electron chi connectivity index (χ0n) is 11.3. The highest BCUT2D eigenvalue weighted by molar-refractivity contribution is 8.00. The molecule has 100 valence electrons. The van der Waals surface area contributed by atoms with E-state index in [4.69, 9.17) is 0 Å². The molecule has 1 saturated heterocycles. The van der Waals surface area contributed by atoms with Crippen LogP contribution in [-0.2, 0) is 4.87 Å². The quantitative estimate of drug-likeness (QED) is 0.798. The molecule has 0 aliphatic carbocycles. The Morgan fingerprint density at radius 2 is 1.95 bits per heavy atom. The second-order valence-electron chi connectivity index (χ2n) is 5.36. The molecule has 0 saturated carbocycles. The lowest BCUT2D eigenvalue weighted by atomic mass is 9.96. The average molecular weight is 281 g/mol. The fourth-order valence-corrected chi connectivity index (χ4v) is 4.86. The van der Waals surface area contributed by atoms with E-state index in [1.807, 2.05) is 35.7 Å². The summed E-state index contributed by atoms with van der Waals surface area (Å²) in [6.07, 6.45) is 0. The Bertz CT molecular complexity index is 697. The maximum absolute atomic E-state index is 12.7. The molecule has 2 aromatic rings. The van der Waals surface area contributed by atoms with Crippen molar-refractivity contribution in [3.63, 3.8) is 0 Å². The Kier molecular flexibility index (Phi) is 2.48. The van der Waals surface area contributed by atoms with Gasteiger partial charge in [-0.25, -0.2) is 0 Å². The highest BCUT2D eigenvalue weighted by Gasteiger charge is 2.54. The van der Waals surface area contributed by atoms with E-state index in [1.54, 1.807) is 0 Å². The molecule has 0 bridgehead atoms. The number of fused-ring (bicyclic) bond motifs is 3. The van der Waals surface area contributed by atoms with Crippen LogP contribution >= 0.6 is 11.8 Å². The number of carbonyl (C=O) groups is 1. The Morgan fingerprint density at radius 1 is 1.15 bits per heavy atom. The third-order valence-electron chi connectivity index (χ3n) is 4.19. The fraction of sp³-hybridized carbons (Fsp3) is 0.235. The molecule has 4 rings (SSSR count). The van der Waals surface area contributed by atoms with Gasteiger partial charge in [0.1, 0.15) is 4.87 Å². The van der Waals surface area contributed by atoms with E-state index in [9.17, 15) is 4.79 Å². The van der Waals surface area contributed by atoms with E-state index in [0.717, 1.165) is 29.0 Å². The predicted molar refractivity (Wildman–Crippen MR) is 81.9 cm³/mol. The number of hydrogen-bond acceptors (Lipinski definition) is 2.